The molecule has 0 aliphatic carbocycles. The Morgan fingerprint density at radius 3 is 2.76 bits per heavy atom. The number of nitrogens with one attached hydrogen (secondary N) is 1. The van der Waals surface area contributed by atoms with Gasteiger partial charge in [-0.15, -0.1) is 0 Å². The molecule has 1 atom stereocenters. The highest BCUT2D eigenvalue weighted by atomic mass is 32.2. The molecule has 1 amide bonds. The molecule has 2 aromatic rings. The first-order valence-electron chi connectivity index (χ1n) is 8.42. The predicted octanol–water partition coefficient (Wildman–Crippen LogP) is 1.33. The van der Waals surface area contributed by atoms with E-state index in [9.17, 15) is 4.79 Å². The number of aromatic nitrogens is 4. The lowest BCUT2D eigenvalue weighted by Crippen LogP contribution is -2.32. The van der Waals surface area contributed by atoms with E-state index >= 15 is 0 Å². The summed E-state index contributed by atoms with van der Waals surface area (Å²) in [7, 11) is 0. The van der Waals surface area contributed by atoms with Crippen molar-refractivity contribution in [3.63, 3.8) is 0 Å². The van der Waals surface area contributed by atoms with Crippen LogP contribution >= 0.6 is 11.8 Å². The van der Waals surface area contributed by atoms with Gasteiger partial charge in [-0.2, -0.15) is 16.9 Å². The minimum atomic E-state index is -0.360. The molecule has 0 spiro atoms. The van der Waals surface area contributed by atoms with Crippen LogP contribution in [0.15, 0.2) is 24.8 Å². The molecule has 0 radical (unpaired) electrons. The summed E-state index contributed by atoms with van der Waals surface area (Å²) in [6.07, 6.45) is 8.27. The molecule has 2 aliphatic rings. The third-order valence-corrected chi connectivity index (χ3v) is 5.22. The standard InChI is InChI=1S/C16H20N6O2S/c23-15(14-2-1-5-24-14)20-12-8-19-22(11-12)16-17-9-13(10-18-16)21-3-6-25-7-4-21/h8-11,14H,1-7H2,(H,20,23)/t14-/m1/s1. The first-order chi connectivity index (χ1) is 12.3. The van der Waals surface area contributed by atoms with Gasteiger partial charge in [0, 0.05) is 31.2 Å². The molecule has 9 heteroatoms. The van der Waals surface area contributed by atoms with E-state index in [-0.39, 0.29) is 12.0 Å². The summed E-state index contributed by atoms with van der Waals surface area (Å²) in [6.45, 7) is 2.69. The monoisotopic (exact) mass is 360 g/mol. The van der Waals surface area contributed by atoms with Gasteiger partial charge in [-0.25, -0.2) is 14.6 Å². The Labute approximate surface area is 150 Å². The predicted molar refractivity (Wildman–Crippen MR) is 96.3 cm³/mol. The molecule has 2 aromatic heterocycles. The zero-order valence-corrected chi connectivity index (χ0v) is 14.6. The summed E-state index contributed by atoms with van der Waals surface area (Å²) < 4.78 is 6.94. The molecule has 0 bridgehead atoms. The van der Waals surface area contributed by atoms with Crippen LogP contribution in [-0.4, -0.2) is 63.0 Å². The highest BCUT2D eigenvalue weighted by Gasteiger charge is 2.24. The maximum absolute atomic E-state index is 12.1. The Morgan fingerprint density at radius 2 is 2.04 bits per heavy atom. The topological polar surface area (TPSA) is 85.2 Å². The quantitative estimate of drug-likeness (QED) is 0.880. The van der Waals surface area contributed by atoms with Crippen molar-refractivity contribution in [2.24, 2.45) is 0 Å². The number of ether oxygens (including phenoxy) is 1. The second-order valence-corrected chi connectivity index (χ2v) is 7.23. The van der Waals surface area contributed by atoms with Crippen molar-refractivity contribution in [2.45, 2.75) is 18.9 Å². The van der Waals surface area contributed by atoms with Crippen LogP contribution in [0.4, 0.5) is 11.4 Å². The van der Waals surface area contributed by atoms with Crippen molar-refractivity contribution in [3.8, 4) is 5.95 Å². The summed E-state index contributed by atoms with van der Waals surface area (Å²) in [4.78, 5) is 23.2. The van der Waals surface area contributed by atoms with E-state index in [0.717, 1.165) is 43.1 Å². The van der Waals surface area contributed by atoms with Crippen LogP contribution in [0, 0.1) is 0 Å². The molecule has 8 nitrogen and oxygen atoms in total. The Morgan fingerprint density at radius 1 is 1.24 bits per heavy atom. The van der Waals surface area contributed by atoms with Crippen molar-refractivity contribution in [2.75, 3.05) is 41.4 Å². The second kappa shape index (κ2) is 7.40. The molecule has 2 fully saturated rings. The number of carbonyl (C=O) groups is 1. The van der Waals surface area contributed by atoms with Gasteiger partial charge in [0.15, 0.2) is 0 Å². The van der Waals surface area contributed by atoms with Crippen LogP contribution in [0.25, 0.3) is 5.95 Å². The average Bonchev–Trinajstić information content (AvgIpc) is 3.35. The molecule has 25 heavy (non-hydrogen) atoms. The SMILES string of the molecule is O=C(Nc1cnn(-c2ncc(N3CCSCC3)cn2)c1)[C@H]1CCCO1. The zero-order chi connectivity index (χ0) is 17.1. The summed E-state index contributed by atoms with van der Waals surface area (Å²) in [5.74, 6) is 2.62. The van der Waals surface area contributed by atoms with Gasteiger partial charge in [0.2, 0.25) is 0 Å². The van der Waals surface area contributed by atoms with Crippen LogP contribution in [-0.2, 0) is 9.53 Å². The highest BCUT2D eigenvalue weighted by Crippen LogP contribution is 2.19. The third kappa shape index (κ3) is 3.77. The number of hydrogen-bond donors (Lipinski definition) is 1. The van der Waals surface area contributed by atoms with Gasteiger partial charge >= 0.3 is 0 Å². The Balaban J connectivity index is 1.41. The summed E-state index contributed by atoms with van der Waals surface area (Å²) in [5, 5.41) is 7.05. The third-order valence-electron chi connectivity index (χ3n) is 4.28. The van der Waals surface area contributed by atoms with E-state index in [4.69, 9.17) is 4.74 Å². The number of amides is 1. The van der Waals surface area contributed by atoms with Crippen LogP contribution in [0.5, 0.6) is 0 Å². The Hall–Kier alpha value is -2.13. The van der Waals surface area contributed by atoms with E-state index in [0.29, 0.717) is 18.2 Å². The lowest BCUT2D eigenvalue weighted by molar-refractivity contribution is -0.124. The molecule has 0 saturated carbocycles. The zero-order valence-electron chi connectivity index (χ0n) is 13.8. The van der Waals surface area contributed by atoms with Gasteiger partial charge in [0.25, 0.3) is 11.9 Å². The van der Waals surface area contributed by atoms with Crippen molar-refractivity contribution in [1.82, 2.24) is 19.7 Å². The van der Waals surface area contributed by atoms with E-state index in [2.05, 4.69) is 25.3 Å². The molecule has 2 saturated heterocycles. The highest BCUT2D eigenvalue weighted by molar-refractivity contribution is 7.99. The van der Waals surface area contributed by atoms with E-state index in [1.165, 1.54) is 0 Å². The molecule has 2 aliphatic heterocycles. The number of rotatable bonds is 4. The molecule has 4 heterocycles. The first kappa shape index (κ1) is 16.3. The summed E-state index contributed by atoms with van der Waals surface area (Å²) in [5.41, 5.74) is 1.64. The number of carbonyl (C=O) groups excluding carboxylic acids is 1. The smallest absolute Gasteiger partial charge is 0.253 e. The van der Waals surface area contributed by atoms with Crippen LogP contribution in [0.1, 0.15) is 12.8 Å². The molecule has 132 valence electrons. The fourth-order valence-electron chi connectivity index (χ4n) is 2.92. The maximum Gasteiger partial charge on any atom is 0.253 e. The number of thioether (sulfide) groups is 1. The van der Waals surface area contributed by atoms with Gasteiger partial charge in [0.05, 0.1) is 36.2 Å². The molecule has 1 N–H and O–H groups in total. The van der Waals surface area contributed by atoms with Crippen LogP contribution in [0.2, 0.25) is 0 Å². The molecular formula is C16H20N6O2S. The Bertz CT molecular complexity index is 722. The van der Waals surface area contributed by atoms with Gasteiger partial charge in [-0.05, 0) is 12.8 Å². The van der Waals surface area contributed by atoms with Gasteiger partial charge < -0.3 is 15.0 Å². The maximum atomic E-state index is 12.1. The lowest BCUT2D eigenvalue weighted by atomic mass is 10.2. The fourth-order valence-corrected chi connectivity index (χ4v) is 3.82. The molecular weight excluding hydrogens is 340 g/mol. The van der Waals surface area contributed by atoms with Crippen molar-refractivity contribution in [3.05, 3.63) is 24.8 Å². The van der Waals surface area contributed by atoms with Crippen LogP contribution in [0.3, 0.4) is 0 Å². The van der Waals surface area contributed by atoms with E-state index in [1.54, 1.807) is 17.1 Å². The number of anilines is 2. The van der Waals surface area contributed by atoms with E-state index < -0.39 is 0 Å². The minimum absolute atomic E-state index is 0.128. The van der Waals surface area contributed by atoms with Crippen molar-refractivity contribution in [1.29, 1.82) is 0 Å². The minimum Gasteiger partial charge on any atom is -0.368 e. The Kier molecular flexibility index (Phi) is 4.84. The summed E-state index contributed by atoms with van der Waals surface area (Å²) in [6, 6.07) is 0. The second-order valence-electron chi connectivity index (χ2n) is 6.01. The fraction of sp³-hybridized carbons (Fsp3) is 0.500. The number of hydrogen-bond acceptors (Lipinski definition) is 7. The largest absolute Gasteiger partial charge is 0.368 e. The molecule has 4 rings (SSSR count). The van der Waals surface area contributed by atoms with Crippen molar-refractivity contribution >= 4 is 29.0 Å². The molecule has 0 aromatic carbocycles. The van der Waals surface area contributed by atoms with Gasteiger partial charge in [0.1, 0.15) is 6.10 Å². The number of nitrogens with zero attached hydrogens (tertiary/aromatic N) is 5. The van der Waals surface area contributed by atoms with Gasteiger partial charge in [-0.3, -0.25) is 4.79 Å². The van der Waals surface area contributed by atoms with Gasteiger partial charge in [-0.1, -0.05) is 0 Å². The van der Waals surface area contributed by atoms with Crippen molar-refractivity contribution < 1.29 is 9.53 Å². The molecule has 0 unspecified atom stereocenters. The summed E-state index contributed by atoms with van der Waals surface area (Å²) >= 11 is 1.97. The normalized spacial score (nSPS) is 20.6. The lowest BCUT2D eigenvalue weighted by Gasteiger charge is -2.27. The van der Waals surface area contributed by atoms with Crippen LogP contribution < -0.4 is 10.2 Å². The first-order valence-corrected chi connectivity index (χ1v) is 9.57. The van der Waals surface area contributed by atoms with E-state index in [1.807, 2.05) is 24.2 Å². The average molecular weight is 360 g/mol.